The normalized spacial score (nSPS) is 12.7. The van der Waals surface area contributed by atoms with Gasteiger partial charge >= 0.3 is 0 Å². The number of ether oxygens (including phenoxy) is 2. The molecule has 0 fully saturated rings. The van der Waals surface area contributed by atoms with Gasteiger partial charge in [-0.3, -0.25) is 10.1 Å². The van der Waals surface area contributed by atoms with Gasteiger partial charge in [0.2, 0.25) is 0 Å². The van der Waals surface area contributed by atoms with Crippen LogP contribution in [0.3, 0.4) is 0 Å². The van der Waals surface area contributed by atoms with E-state index in [1.165, 1.54) is 0 Å². The van der Waals surface area contributed by atoms with Crippen LogP contribution in [0.1, 0.15) is 10.4 Å². The highest BCUT2D eigenvalue weighted by Crippen LogP contribution is 2.31. The quantitative estimate of drug-likeness (QED) is 0.632. The number of thiocarbonyl (C=S) groups is 1. The molecule has 1 amide bonds. The van der Waals surface area contributed by atoms with Crippen molar-refractivity contribution in [3.63, 3.8) is 0 Å². The van der Waals surface area contributed by atoms with Crippen LogP contribution >= 0.6 is 35.5 Å². The summed E-state index contributed by atoms with van der Waals surface area (Å²) in [6.07, 6.45) is 0. The van der Waals surface area contributed by atoms with Crippen molar-refractivity contribution in [3.8, 4) is 11.5 Å². The lowest BCUT2D eigenvalue weighted by Crippen LogP contribution is -2.34. The van der Waals surface area contributed by atoms with E-state index in [-0.39, 0.29) is 11.0 Å². The van der Waals surface area contributed by atoms with Crippen LogP contribution in [0.4, 0.5) is 5.69 Å². The Balaban J connectivity index is 1.50. The fraction of sp³-hybridized carbons (Fsp3) is 0.125. The zero-order valence-electron chi connectivity index (χ0n) is 13.1. The minimum absolute atomic E-state index is 0.104. The fourth-order valence-electron chi connectivity index (χ4n) is 2.45. The van der Waals surface area contributed by atoms with Crippen molar-refractivity contribution in [2.75, 3.05) is 18.5 Å². The van der Waals surface area contributed by atoms with Gasteiger partial charge in [-0.1, -0.05) is 11.6 Å². The predicted molar refractivity (Wildman–Crippen MR) is 104 cm³/mol. The molecule has 4 rings (SSSR count). The average Bonchev–Trinajstić information content (AvgIpc) is 3.12. The predicted octanol–water partition coefficient (Wildman–Crippen LogP) is 3.24. The standard InChI is InChI=1S/C16H11ClN4O3S2/c17-9-2-3-10-14(21-26-20-10)13(9)18-16(25)19-15(22)8-1-4-11-12(7-8)24-6-5-23-11/h1-4,7H,5-6H2,(H2,18,19,22,25). The molecule has 26 heavy (non-hydrogen) atoms. The zero-order valence-corrected chi connectivity index (χ0v) is 15.5. The molecule has 132 valence electrons. The summed E-state index contributed by atoms with van der Waals surface area (Å²) in [5.74, 6) is 0.770. The van der Waals surface area contributed by atoms with E-state index < -0.39 is 0 Å². The molecule has 0 saturated heterocycles. The van der Waals surface area contributed by atoms with Crippen LogP contribution in [0.25, 0.3) is 11.0 Å². The Labute approximate surface area is 162 Å². The van der Waals surface area contributed by atoms with Gasteiger partial charge in [0.1, 0.15) is 24.2 Å². The van der Waals surface area contributed by atoms with Gasteiger partial charge in [-0.2, -0.15) is 8.75 Å². The summed E-state index contributed by atoms with van der Waals surface area (Å²) < 4.78 is 19.3. The van der Waals surface area contributed by atoms with Gasteiger partial charge in [0.05, 0.1) is 22.4 Å². The molecule has 0 bridgehead atoms. The van der Waals surface area contributed by atoms with Gasteiger partial charge < -0.3 is 14.8 Å². The fourth-order valence-corrected chi connectivity index (χ4v) is 3.39. The molecular weight excluding hydrogens is 396 g/mol. The minimum atomic E-state index is -0.376. The summed E-state index contributed by atoms with van der Waals surface area (Å²) in [5.41, 5.74) is 2.20. The molecule has 2 aromatic carbocycles. The number of carbonyl (C=O) groups excluding carboxylic acids is 1. The van der Waals surface area contributed by atoms with Crippen LogP contribution in [0.15, 0.2) is 30.3 Å². The Morgan fingerprint density at radius 1 is 1.15 bits per heavy atom. The monoisotopic (exact) mass is 406 g/mol. The molecule has 1 aliphatic rings. The van der Waals surface area contributed by atoms with Crippen molar-refractivity contribution >= 4 is 63.3 Å². The number of carbonyl (C=O) groups is 1. The van der Waals surface area contributed by atoms with E-state index in [9.17, 15) is 4.79 Å². The Bertz CT molecular complexity index is 1020. The minimum Gasteiger partial charge on any atom is -0.486 e. The zero-order chi connectivity index (χ0) is 18.1. The molecule has 0 saturated carbocycles. The molecule has 0 spiro atoms. The number of benzene rings is 2. The second-order valence-corrected chi connectivity index (χ2v) is 6.66. The lowest BCUT2D eigenvalue weighted by Gasteiger charge is -2.18. The number of halogens is 1. The van der Waals surface area contributed by atoms with E-state index in [1.807, 2.05) is 0 Å². The van der Waals surface area contributed by atoms with Crippen molar-refractivity contribution in [2.45, 2.75) is 0 Å². The summed E-state index contributed by atoms with van der Waals surface area (Å²) in [7, 11) is 0. The number of hydrogen-bond acceptors (Lipinski definition) is 7. The number of fused-ring (bicyclic) bond motifs is 2. The summed E-state index contributed by atoms with van der Waals surface area (Å²) in [5, 5.41) is 6.07. The highest BCUT2D eigenvalue weighted by atomic mass is 35.5. The third kappa shape index (κ3) is 3.28. The number of hydrogen-bond donors (Lipinski definition) is 2. The van der Waals surface area contributed by atoms with Crippen LogP contribution in [-0.4, -0.2) is 33.0 Å². The van der Waals surface area contributed by atoms with Gasteiger partial charge in [-0.05, 0) is 42.5 Å². The molecule has 2 N–H and O–H groups in total. The van der Waals surface area contributed by atoms with Crippen LogP contribution < -0.4 is 20.1 Å². The summed E-state index contributed by atoms with van der Waals surface area (Å²) in [6.45, 7) is 0.937. The highest BCUT2D eigenvalue weighted by molar-refractivity contribution is 7.80. The van der Waals surface area contributed by atoms with Gasteiger partial charge in [-0.25, -0.2) is 0 Å². The van der Waals surface area contributed by atoms with E-state index in [1.54, 1.807) is 30.3 Å². The average molecular weight is 407 g/mol. The molecule has 7 nitrogen and oxygen atoms in total. The van der Waals surface area contributed by atoms with Crippen molar-refractivity contribution in [2.24, 2.45) is 0 Å². The molecule has 2 heterocycles. The third-order valence-corrected chi connectivity index (χ3v) is 4.71. The van der Waals surface area contributed by atoms with E-state index in [0.717, 1.165) is 11.7 Å². The second-order valence-electron chi connectivity index (χ2n) is 5.32. The van der Waals surface area contributed by atoms with Crippen LogP contribution in [0, 0.1) is 0 Å². The van der Waals surface area contributed by atoms with Gasteiger partial charge in [0, 0.05) is 5.56 Å². The van der Waals surface area contributed by atoms with Crippen molar-refractivity contribution < 1.29 is 14.3 Å². The first-order valence-corrected chi connectivity index (χ1v) is 9.06. The van der Waals surface area contributed by atoms with Crippen LogP contribution in [0.2, 0.25) is 5.02 Å². The Kier molecular flexibility index (Phi) is 4.58. The number of amides is 1. The van der Waals surface area contributed by atoms with Crippen molar-refractivity contribution in [1.82, 2.24) is 14.1 Å². The number of aromatic nitrogens is 2. The third-order valence-electron chi connectivity index (χ3n) is 3.65. The summed E-state index contributed by atoms with van der Waals surface area (Å²) >= 11 is 12.5. The number of nitrogens with one attached hydrogen (secondary N) is 2. The maximum absolute atomic E-state index is 12.4. The first-order valence-electron chi connectivity index (χ1n) is 7.54. The SMILES string of the molecule is O=C(NC(=S)Nc1c(Cl)ccc2nsnc12)c1ccc2c(c1)OCCO2. The first-order chi connectivity index (χ1) is 12.6. The molecule has 1 aliphatic heterocycles. The highest BCUT2D eigenvalue weighted by Gasteiger charge is 2.17. The van der Waals surface area contributed by atoms with Crippen molar-refractivity contribution in [3.05, 3.63) is 40.9 Å². The number of nitrogens with zero attached hydrogens (tertiary/aromatic N) is 2. The molecule has 1 aromatic heterocycles. The molecule has 10 heteroatoms. The van der Waals surface area contributed by atoms with Gasteiger partial charge in [0.25, 0.3) is 5.91 Å². The van der Waals surface area contributed by atoms with Gasteiger partial charge in [-0.15, -0.1) is 0 Å². The molecule has 0 unspecified atom stereocenters. The molecule has 3 aromatic rings. The maximum atomic E-state index is 12.4. The lowest BCUT2D eigenvalue weighted by atomic mass is 10.2. The van der Waals surface area contributed by atoms with Gasteiger partial charge in [0.15, 0.2) is 16.6 Å². The Morgan fingerprint density at radius 3 is 2.81 bits per heavy atom. The first kappa shape index (κ1) is 17.0. The Morgan fingerprint density at radius 2 is 1.96 bits per heavy atom. The Hall–Kier alpha value is -2.49. The summed E-state index contributed by atoms with van der Waals surface area (Å²) in [4.78, 5) is 12.4. The van der Waals surface area contributed by atoms with Crippen LogP contribution in [0.5, 0.6) is 11.5 Å². The van der Waals surface area contributed by atoms with E-state index in [2.05, 4.69) is 19.4 Å². The lowest BCUT2D eigenvalue weighted by molar-refractivity contribution is 0.0976. The van der Waals surface area contributed by atoms with E-state index >= 15 is 0 Å². The molecule has 0 aliphatic carbocycles. The number of anilines is 1. The molecule has 0 atom stereocenters. The van der Waals surface area contributed by atoms with E-state index in [0.29, 0.717) is 52.0 Å². The summed E-state index contributed by atoms with van der Waals surface area (Å²) in [6, 6.07) is 8.41. The molecule has 0 radical (unpaired) electrons. The second kappa shape index (κ2) is 7.02. The topological polar surface area (TPSA) is 85.4 Å². The van der Waals surface area contributed by atoms with E-state index in [4.69, 9.17) is 33.3 Å². The number of rotatable bonds is 2. The van der Waals surface area contributed by atoms with Crippen molar-refractivity contribution in [1.29, 1.82) is 0 Å². The molecular formula is C16H11ClN4O3S2. The smallest absolute Gasteiger partial charge is 0.257 e. The largest absolute Gasteiger partial charge is 0.486 e. The maximum Gasteiger partial charge on any atom is 0.257 e. The van der Waals surface area contributed by atoms with Crippen LogP contribution in [-0.2, 0) is 0 Å².